The van der Waals surface area contributed by atoms with Gasteiger partial charge in [-0.1, -0.05) is 41.6 Å². The normalized spacial score (nSPS) is 16.2. The van der Waals surface area contributed by atoms with E-state index in [1.54, 1.807) is 31.2 Å². The van der Waals surface area contributed by atoms with Crippen LogP contribution in [-0.4, -0.2) is 58.1 Å². The Balaban J connectivity index is 1.32. The number of amides is 1. The topological polar surface area (TPSA) is 95.5 Å². The van der Waals surface area contributed by atoms with Crippen molar-refractivity contribution in [2.45, 2.75) is 26.0 Å². The molecule has 1 amide bonds. The van der Waals surface area contributed by atoms with Crippen LogP contribution in [-0.2, 0) is 4.79 Å². The highest BCUT2D eigenvalue weighted by molar-refractivity contribution is 5.81. The van der Waals surface area contributed by atoms with Crippen LogP contribution in [0.5, 0.6) is 5.75 Å². The Kier molecular flexibility index (Phi) is 6.47. The molecule has 0 N–H and O–H groups in total. The number of nitriles is 1. The van der Waals surface area contributed by atoms with Gasteiger partial charge in [0.15, 0.2) is 6.10 Å². The summed E-state index contributed by atoms with van der Waals surface area (Å²) >= 11 is 0. The number of piperazine rings is 1. The maximum absolute atomic E-state index is 12.8. The van der Waals surface area contributed by atoms with Crippen LogP contribution in [0.1, 0.15) is 31.3 Å². The fourth-order valence-corrected chi connectivity index (χ4v) is 3.75. The Hall–Kier alpha value is -3.70. The highest BCUT2D eigenvalue weighted by Crippen LogP contribution is 2.24. The maximum atomic E-state index is 12.8. The number of benzene rings is 2. The zero-order chi connectivity index (χ0) is 22.5. The van der Waals surface area contributed by atoms with Gasteiger partial charge in [-0.2, -0.15) is 10.2 Å². The van der Waals surface area contributed by atoms with Crippen LogP contribution in [0.2, 0.25) is 0 Å². The lowest BCUT2D eigenvalue weighted by Gasteiger charge is -2.37. The molecule has 0 radical (unpaired) electrons. The van der Waals surface area contributed by atoms with Gasteiger partial charge in [-0.15, -0.1) is 0 Å². The van der Waals surface area contributed by atoms with Crippen LogP contribution in [0.25, 0.3) is 11.4 Å². The summed E-state index contributed by atoms with van der Waals surface area (Å²) in [7, 11) is 0. The SMILES string of the molecule is CC(Oc1cccc(C#N)c1)C(=O)N1CCN(C(C)c2nc(-c3ccccc3)no2)CC1. The van der Waals surface area contributed by atoms with Gasteiger partial charge in [-0.05, 0) is 32.0 Å². The molecule has 1 aliphatic heterocycles. The fraction of sp³-hybridized carbons (Fsp3) is 0.333. The van der Waals surface area contributed by atoms with E-state index in [2.05, 4.69) is 21.1 Å². The van der Waals surface area contributed by atoms with Gasteiger partial charge >= 0.3 is 0 Å². The highest BCUT2D eigenvalue weighted by atomic mass is 16.5. The lowest BCUT2D eigenvalue weighted by molar-refractivity contribution is -0.140. The molecule has 2 aromatic carbocycles. The number of aromatic nitrogens is 2. The molecule has 1 aliphatic rings. The van der Waals surface area contributed by atoms with E-state index >= 15 is 0 Å². The van der Waals surface area contributed by atoms with Crippen molar-refractivity contribution >= 4 is 5.91 Å². The average Bonchev–Trinajstić information content (AvgIpc) is 3.34. The summed E-state index contributed by atoms with van der Waals surface area (Å²) < 4.78 is 11.3. The second kappa shape index (κ2) is 9.62. The molecule has 1 fully saturated rings. The first kappa shape index (κ1) is 21.5. The predicted molar refractivity (Wildman–Crippen MR) is 118 cm³/mol. The summed E-state index contributed by atoms with van der Waals surface area (Å²) in [4.78, 5) is 21.4. The van der Waals surface area contributed by atoms with Crippen LogP contribution < -0.4 is 4.74 Å². The molecule has 3 aromatic rings. The third kappa shape index (κ3) is 4.79. The van der Waals surface area contributed by atoms with Crippen molar-refractivity contribution < 1.29 is 14.1 Å². The third-order valence-electron chi connectivity index (χ3n) is 5.63. The quantitative estimate of drug-likeness (QED) is 0.591. The minimum absolute atomic E-state index is 0.0420. The molecule has 2 atom stereocenters. The van der Waals surface area contributed by atoms with Crippen molar-refractivity contribution in [3.05, 3.63) is 66.1 Å². The van der Waals surface area contributed by atoms with E-state index in [1.165, 1.54) is 0 Å². The van der Waals surface area contributed by atoms with Gasteiger partial charge in [0.1, 0.15) is 5.75 Å². The molecule has 2 unspecified atom stereocenters. The van der Waals surface area contributed by atoms with Crippen molar-refractivity contribution in [2.75, 3.05) is 26.2 Å². The second-order valence-electron chi connectivity index (χ2n) is 7.76. The minimum Gasteiger partial charge on any atom is -0.481 e. The van der Waals surface area contributed by atoms with E-state index < -0.39 is 6.10 Å². The Morgan fingerprint density at radius 1 is 1.09 bits per heavy atom. The largest absolute Gasteiger partial charge is 0.481 e. The Bertz CT molecular complexity index is 1100. The molecule has 1 aromatic heterocycles. The smallest absolute Gasteiger partial charge is 0.263 e. The summed E-state index contributed by atoms with van der Waals surface area (Å²) in [5.74, 6) is 1.59. The van der Waals surface area contributed by atoms with Crippen molar-refractivity contribution in [3.63, 3.8) is 0 Å². The molecule has 8 heteroatoms. The number of hydrogen-bond donors (Lipinski definition) is 0. The summed E-state index contributed by atoms with van der Waals surface area (Å²) in [6.07, 6.45) is -0.628. The molecular formula is C24H25N5O3. The maximum Gasteiger partial charge on any atom is 0.263 e. The first-order chi connectivity index (χ1) is 15.5. The van der Waals surface area contributed by atoms with Crippen molar-refractivity contribution in [2.24, 2.45) is 0 Å². The highest BCUT2D eigenvalue weighted by Gasteiger charge is 2.30. The molecule has 0 spiro atoms. The number of carbonyl (C=O) groups is 1. The number of rotatable bonds is 6. The third-order valence-corrected chi connectivity index (χ3v) is 5.63. The van der Waals surface area contributed by atoms with Gasteiger partial charge < -0.3 is 14.2 Å². The van der Waals surface area contributed by atoms with Crippen molar-refractivity contribution in [1.29, 1.82) is 5.26 Å². The van der Waals surface area contributed by atoms with Crippen LogP contribution in [0, 0.1) is 11.3 Å². The van der Waals surface area contributed by atoms with Gasteiger partial charge in [0, 0.05) is 31.7 Å². The zero-order valence-electron chi connectivity index (χ0n) is 18.1. The summed E-state index contributed by atoms with van der Waals surface area (Å²) in [5.41, 5.74) is 1.42. The first-order valence-corrected chi connectivity index (χ1v) is 10.6. The van der Waals surface area contributed by atoms with E-state index in [4.69, 9.17) is 14.5 Å². The number of ether oxygens (including phenoxy) is 1. The Labute approximate surface area is 187 Å². The van der Waals surface area contributed by atoms with E-state index in [0.29, 0.717) is 49.2 Å². The summed E-state index contributed by atoms with van der Waals surface area (Å²) in [6, 6.07) is 18.6. The number of hydrogen-bond acceptors (Lipinski definition) is 7. The van der Waals surface area contributed by atoms with Gasteiger partial charge in [-0.3, -0.25) is 9.69 Å². The summed E-state index contributed by atoms with van der Waals surface area (Å²) in [5, 5.41) is 13.1. The molecule has 8 nitrogen and oxygen atoms in total. The van der Waals surface area contributed by atoms with Crippen LogP contribution in [0.4, 0.5) is 0 Å². The molecule has 4 rings (SSSR count). The molecule has 0 bridgehead atoms. The molecule has 2 heterocycles. The van der Waals surface area contributed by atoms with E-state index in [9.17, 15) is 4.79 Å². The van der Waals surface area contributed by atoms with Gasteiger partial charge in [-0.25, -0.2) is 0 Å². The van der Waals surface area contributed by atoms with Crippen LogP contribution >= 0.6 is 0 Å². The Morgan fingerprint density at radius 3 is 2.56 bits per heavy atom. The average molecular weight is 431 g/mol. The molecule has 164 valence electrons. The van der Waals surface area contributed by atoms with E-state index in [-0.39, 0.29) is 11.9 Å². The van der Waals surface area contributed by atoms with Crippen LogP contribution in [0.15, 0.2) is 59.1 Å². The number of carbonyl (C=O) groups excluding carboxylic acids is 1. The lowest BCUT2D eigenvalue weighted by atomic mass is 10.2. The fourth-order valence-electron chi connectivity index (χ4n) is 3.75. The monoisotopic (exact) mass is 431 g/mol. The minimum atomic E-state index is -0.628. The Morgan fingerprint density at radius 2 is 1.84 bits per heavy atom. The first-order valence-electron chi connectivity index (χ1n) is 10.6. The molecule has 0 saturated carbocycles. The van der Waals surface area contributed by atoms with E-state index in [0.717, 1.165) is 5.56 Å². The van der Waals surface area contributed by atoms with Gasteiger partial charge in [0.25, 0.3) is 5.91 Å². The van der Waals surface area contributed by atoms with E-state index in [1.807, 2.05) is 42.2 Å². The van der Waals surface area contributed by atoms with Gasteiger partial charge in [0.2, 0.25) is 11.7 Å². The standard InChI is InChI=1S/C24H25N5O3/c1-17(23-26-22(27-32-23)20-8-4-3-5-9-20)28-11-13-29(14-12-28)24(30)18(2)31-21-10-6-7-19(15-21)16-25/h3-10,15,17-18H,11-14H2,1-2H3. The molecule has 0 aliphatic carbocycles. The number of nitrogens with zero attached hydrogens (tertiary/aromatic N) is 5. The van der Waals surface area contributed by atoms with Crippen LogP contribution in [0.3, 0.4) is 0 Å². The lowest BCUT2D eigenvalue weighted by Crippen LogP contribution is -2.52. The van der Waals surface area contributed by atoms with Gasteiger partial charge in [0.05, 0.1) is 17.7 Å². The predicted octanol–water partition coefficient (Wildman–Crippen LogP) is 3.28. The summed E-state index contributed by atoms with van der Waals surface area (Å²) in [6.45, 7) is 6.36. The molecular weight excluding hydrogens is 406 g/mol. The second-order valence-corrected chi connectivity index (χ2v) is 7.76. The molecule has 32 heavy (non-hydrogen) atoms. The zero-order valence-corrected chi connectivity index (χ0v) is 18.1. The van der Waals surface area contributed by atoms with Crippen molar-refractivity contribution in [3.8, 4) is 23.2 Å². The molecule has 1 saturated heterocycles. The van der Waals surface area contributed by atoms with Crippen molar-refractivity contribution in [1.82, 2.24) is 19.9 Å².